The minimum atomic E-state index is -1.42. The number of aryl methyl sites for hydroxylation is 1. The number of nitrogens with zero attached hydrogens (tertiary/aromatic N) is 3. The molecule has 2 aromatic rings. The fourth-order valence-electron chi connectivity index (χ4n) is 3.93. The van der Waals surface area contributed by atoms with Crippen molar-refractivity contribution in [3.63, 3.8) is 0 Å². The highest BCUT2D eigenvalue weighted by molar-refractivity contribution is 8.15. The van der Waals surface area contributed by atoms with E-state index in [2.05, 4.69) is 10.4 Å². The molecule has 0 aromatic heterocycles. The van der Waals surface area contributed by atoms with Crippen LogP contribution in [-0.4, -0.2) is 48.2 Å². The number of amidine groups is 1. The Kier molecular flexibility index (Phi) is 6.03. The molecule has 2 aliphatic heterocycles. The Labute approximate surface area is 195 Å². The molecule has 9 nitrogen and oxygen atoms in total. The van der Waals surface area contributed by atoms with E-state index >= 15 is 0 Å². The SMILES string of the molecule is COc1ccccc1OCCN1C(=O)[C@@]2(SC(NC(C)=O)=NN2C(C)=O)c2cc(C)ccc21. The molecule has 0 unspecified atom stereocenters. The number of hydrogen-bond acceptors (Lipinski definition) is 7. The number of amides is 3. The van der Waals surface area contributed by atoms with Crippen LogP contribution in [0.15, 0.2) is 47.6 Å². The Bertz CT molecular complexity index is 1170. The zero-order valence-corrected chi connectivity index (χ0v) is 19.6. The summed E-state index contributed by atoms with van der Waals surface area (Å²) in [4.78, 5) is 38.2. The summed E-state index contributed by atoms with van der Waals surface area (Å²) in [6, 6.07) is 12.9. The van der Waals surface area contributed by atoms with Gasteiger partial charge in [-0.1, -0.05) is 29.8 Å². The lowest BCUT2D eigenvalue weighted by molar-refractivity contribution is -0.139. The minimum absolute atomic E-state index is 0.200. The van der Waals surface area contributed by atoms with Crippen LogP contribution in [-0.2, 0) is 19.3 Å². The van der Waals surface area contributed by atoms with Crippen LogP contribution in [0, 0.1) is 6.92 Å². The zero-order chi connectivity index (χ0) is 23.8. The molecule has 10 heteroatoms. The van der Waals surface area contributed by atoms with Crippen molar-refractivity contribution in [2.45, 2.75) is 25.6 Å². The highest BCUT2D eigenvalue weighted by Crippen LogP contribution is 2.54. The van der Waals surface area contributed by atoms with E-state index in [-0.39, 0.29) is 30.1 Å². The molecule has 0 saturated heterocycles. The molecule has 1 N–H and O–H groups in total. The van der Waals surface area contributed by atoms with Crippen LogP contribution in [0.1, 0.15) is 25.0 Å². The maximum Gasteiger partial charge on any atom is 0.270 e. The van der Waals surface area contributed by atoms with Crippen LogP contribution in [0.3, 0.4) is 0 Å². The number of methoxy groups -OCH3 is 1. The summed E-state index contributed by atoms with van der Waals surface area (Å²) in [7, 11) is 1.56. The molecule has 0 saturated carbocycles. The van der Waals surface area contributed by atoms with Crippen molar-refractivity contribution >= 4 is 40.3 Å². The molecule has 2 heterocycles. The second-order valence-electron chi connectivity index (χ2n) is 7.64. The fraction of sp³-hybridized carbons (Fsp3) is 0.304. The van der Waals surface area contributed by atoms with E-state index in [0.717, 1.165) is 22.3 Å². The Hall–Kier alpha value is -3.53. The van der Waals surface area contributed by atoms with Crippen LogP contribution in [0.4, 0.5) is 5.69 Å². The van der Waals surface area contributed by atoms with E-state index in [1.165, 1.54) is 13.8 Å². The molecular weight excluding hydrogens is 444 g/mol. The molecule has 1 spiro atoms. The highest BCUT2D eigenvalue weighted by Gasteiger charge is 2.61. The van der Waals surface area contributed by atoms with Gasteiger partial charge >= 0.3 is 0 Å². The lowest BCUT2D eigenvalue weighted by Gasteiger charge is -2.29. The Balaban J connectivity index is 1.66. The van der Waals surface area contributed by atoms with Gasteiger partial charge in [0.1, 0.15) is 6.61 Å². The van der Waals surface area contributed by atoms with E-state index in [1.54, 1.807) is 24.1 Å². The largest absolute Gasteiger partial charge is 0.493 e. The first kappa shape index (κ1) is 22.7. The fourth-order valence-corrected chi connectivity index (χ4v) is 5.26. The highest BCUT2D eigenvalue weighted by atomic mass is 32.2. The molecule has 0 aliphatic carbocycles. The third-order valence-electron chi connectivity index (χ3n) is 5.30. The van der Waals surface area contributed by atoms with Crippen LogP contribution in [0.25, 0.3) is 0 Å². The molecule has 1 atom stereocenters. The van der Waals surface area contributed by atoms with Crippen molar-refractivity contribution in [1.29, 1.82) is 0 Å². The molecule has 2 aromatic carbocycles. The number of para-hydroxylation sites is 2. The van der Waals surface area contributed by atoms with Gasteiger partial charge in [0.05, 0.1) is 19.3 Å². The standard InChI is InChI=1S/C23H24N4O5S/c1-14-9-10-18-17(13-14)23(27(16(3)29)25-22(33-23)24-15(2)28)21(30)26(18)11-12-32-20-8-6-5-7-19(20)31-4/h5-10,13H,11-12H2,1-4H3,(H,24,25,28)/t23-/m0/s1. The number of hydrogen-bond donors (Lipinski definition) is 1. The van der Waals surface area contributed by atoms with Gasteiger partial charge in [-0.15, -0.1) is 5.10 Å². The van der Waals surface area contributed by atoms with Crippen molar-refractivity contribution in [3.05, 3.63) is 53.6 Å². The van der Waals surface area contributed by atoms with E-state index < -0.39 is 10.8 Å². The van der Waals surface area contributed by atoms with Gasteiger partial charge < -0.3 is 19.7 Å². The summed E-state index contributed by atoms with van der Waals surface area (Å²) in [6.45, 7) is 5.07. The first-order chi connectivity index (χ1) is 15.8. The van der Waals surface area contributed by atoms with E-state index in [9.17, 15) is 14.4 Å². The number of carbonyl (C=O) groups is 3. The van der Waals surface area contributed by atoms with Crippen LogP contribution < -0.4 is 19.7 Å². The van der Waals surface area contributed by atoms with Crippen molar-refractivity contribution < 1.29 is 23.9 Å². The summed E-state index contributed by atoms with van der Waals surface area (Å²) in [5.41, 5.74) is 2.26. The quantitative estimate of drug-likeness (QED) is 0.724. The number of benzene rings is 2. The van der Waals surface area contributed by atoms with Crippen molar-refractivity contribution in [2.24, 2.45) is 5.10 Å². The second-order valence-corrected chi connectivity index (χ2v) is 8.82. The van der Waals surface area contributed by atoms with Crippen molar-refractivity contribution in [1.82, 2.24) is 10.3 Å². The first-order valence-corrected chi connectivity index (χ1v) is 11.1. The number of ether oxygens (including phenoxy) is 2. The van der Waals surface area contributed by atoms with Crippen LogP contribution in [0.5, 0.6) is 11.5 Å². The van der Waals surface area contributed by atoms with Crippen LogP contribution in [0.2, 0.25) is 0 Å². The van der Waals surface area contributed by atoms with Gasteiger partial charge in [0, 0.05) is 19.4 Å². The van der Waals surface area contributed by atoms with Crippen molar-refractivity contribution in [2.75, 3.05) is 25.2 Å². The number of hydrazone groups is 1. The van der Waals surface area contributed by atoms with Gasteiger partial charge in [-0.3, -0.25) is 14.4 Å². The molecule has 3 amide bonds. The second kappa shape index (κ2) is 8.78. The van der Waals surface area contributed by atoms with Gasteiger partial charge in [0.2, 0.25) is 16.7 Å². The number of fused-ring (bicyclic) bond motifs is 2. The molecule has 0 bridgehead atoms. The molecule has 4 rings (SSSR count). The number of rotatable bonds is 5. The van der Waals surface area contributed by atoms with Gasteiger partial charge in [-0.25, -0.2) is 0 Å². The van der Waals surface area contributed by atoms with Crippen molar-refractivity contribution in [3.8, 4) is 11.5 Å². The topological polar surface area (TPSA) is 101 Å². The summed E-state index contributed by atoms with van der Waals surface area (Å²) in [6.07, 6.45) is 0. The Morgan fingerprint density at radius 1 is 1.15 bits per heavy atom. The number of anilines is 1. The minimum Gasteiger partial charge on any atom is -0.493 e. The zero-order valence-electron chi connectivity index (χ0n) is 18.7. The Morgan fingerprint density at radius 2 is 1.88 bits per heavy atom. The summed E-state index contributed by atoms with van der Waals surface area (Å²) < 4.78 is 11.2. The third-order valence-corrected chi connectivity index (χ3v) is 6.54. The van der Waals surface area contributed by atoms with Gasteiger partial charge in [-0.2, -0.15) is 5.01 Å². The molecular formula is C23H24N4O5S. The van der Waals surface area contributed by atoms with E-state index in [4.69, 9.17) is 9.47 Å². The molecule has 0 fully saturated rings. The maximum absolute atomic E-state index is 13.9. The average Bonchev–Trinajstić information content (AvgIpc) is 3.26. The molecule has 0 radical (unpaired) electrons. The van der Waals surface area contributed by atoms with E-state index in [1.807, 2.05) is 37.3 Å². The monoisotopic (exact) mass is 468 g/mol. The number of thioether (sulfide) groups is 1. The predicted octanol–water partition coefficient (Wildman–Crippen LogP) is 2.58. The lowest BCUT2D eigenvalue weighted by Crippen LogP contribution is -2.49. The number of nitrogens with one attached hydrogen (secondary N) is 1. The maximum atomic E-state index is 13.9. The lowest BCUT2D eigenvalue weighted by atomic mass is 10.0. The van der Waals surface area contributed by atoms with Crippen LogP contribution >= 0.6 is 11.8 Å². The van der Waals surface area contributed by atoms with Gasteiger partial charge in [0.15, 0.2) is 16.7 Å². The summed E-state index contributed by atoms with van der Waals surface area (Å²) >= 11 is 1.06. The van der Waals surface area contributed by atoms with Gasteiger partial charge in [0.25, 0.3) is 5.91 Å². The van der Waals surface area contributed by atoms with E-state index in [0.29, 0.717) is 22.7 Å². The number of carbonyl (C=O) groups excluding carboxylic acids is 3. The molecule has 172 valence electrons. The first-order valence-electron chi connectivity index (χ1n) is 10.3. The average molecular weight is 469 g/mol. The Morgan fingerprint density at radius 3 is 2.55 bits per heavy atom. The summed E-state index contributed by atoms with van der Waals surface area (Å²) in [5, 5.41) is 8.23. The third kappa shape index (κ3) is 3.91. The smallest absolute Gasteiger partial charge is 0.270 e. The predicted molar refractivity (Wildman–Crippen MR) is 125 cm³/mol. The van der Waals surface area contributed by atoms with Gasteiger partial charge in [-0.05, 0) is 36.9 Å². The molecule has 33 heavy (non-hydrogen) atoms. The normalized spacial score (nSPS) is 18.9. The summed E-state index contributed by atoms with van der Waals surface area (Å²) in [5.74, 6) is 0.105. The molecule has 2 aliphatic rings.